The molecule has 6 nitrogen and oxygen atoms in total. The normalized spacial score (nSPS) is 21.9. The highest BCUT2D eigenvalue weighted by molar-refractivity contribution is 5.95. The molecule has 0 saturated heterocycles. The Morgan fingerprint density at radius 3 is 2.60 bits per heavy atom. The van der Waals surface area contributed by atoms with Crippen molar-refractivity contribution in [2.24, 2.45) is 5.41 Å². The Bertz CT molecular complexity index is 1310. The predicted molar refractivity (Wildman–Crippen MR) is 103 cm³/mol. The fraction of sp³-hybridized carbons (Fsp3) is 0.333. The Hall–Kier alpha value is -3.23. The monoisotopic (exact) mass is 410 g/mol. The smallest absolute Gasteiger partial charge is 0.256 e. The lowest BCUT2D eigenvalue weighted by molar-refractivity contribution is 0.0462. The SMILES string of the molecule is Cc1nc(-c2c(-c3ccc(F)cc3)nn3c2CC[C@@]2(C3)CC2(F)F)c2cn[nH]c2n1. The molecule has 152 valence electrons. The third kappa shape index (κ3) is 2.37. The van der Waals surface area contributed by atoms with Crippen molar-refractivity contribution in [3.05, 3.63) is 47.8 Å². The molecule has 1 aliphatic heterocycles. The Morgan fingerprint density at radius 1 is 1.10 bits per heavy atom. The number of halogens is 3. The van der Waals surface area contributed by atoms with E-state index in [4.69, 9.17) is 5.10 Å². The molecule has 0 amide bonds. The number of alkyl halides is 2. The minimum Gasteiger partial charge on any atom is -0.267 e. The number of aryl methyl sites for hydroxylation is 1. The van der Waals surface area contributed by atoms with E-state index in [2.05, 4.69) is 20.2 Å². The van der Waals surface area contributed by atoms with Crippen molar-refractivity contribution >= 4 is 11.0 Å². The summed E-state index contributed by atoms with van der Waals surface area (Å²) in [6.07, 6.45) is 2.43. The summed E-state index contributed by atoms with van der Waals surface area (Å²) in [5.74, 6) is -2.43. The second kappa shape index (κ2) is 5.68. The van der Waals surface area contributed by atoms with Gasteiger partial charge in [0.25, 0.3) is 5.92 Å². The van der Waals surface area contributed by atoms with Gasteiger partial charge >= 0.3 is 0 Å². The van der Waals surface area contributed by atoms with Crippen LogP contribution in [0.3, 0.4) is 0 Å². The van der Waals surface area contributed by atoms with Crippen LogP contribution in [0, 0.1) is 18.2 Å². The third-order valence-corrected chi connectivity index (χ3v) is 6.34. The number of rotatable bonds is 2. The first-order valence-corrected chi connectivity index (χ1v) is 9.78. The zero-order valence-electron chi connectivity index (χ0n) is 16.1. The summed E-state index contributed by atoms with van der Waals surface area (Å²) in [4.78, 5) is 9.04. The van der Waals surface area contributed by atoms with Gasteiger partial charge in [0.1, 0.15) is 17.3 Å². The first-order chi connectivity index (χ1) is 14.4. The van der Waals surface area contributed by atoms with Gasteiger partial charge in [-0.25, -0.2) is 23.1 Å². The van der Waals surface area contributed by atoms with Crippen molar-refractivity contribution in [3.63, 3.8) is 0 Å². The molecule has 3 aromatic heterocycles. The van der Waals surface area contributed by atoms with E-state index < -0.39 is 11.3 Å². The molecular formula is C21H17F3N6. The van der Waals surface area contributed by atoms with Crippen LogP contribution in [-0.4, -0.2) is 35.9 Å². The molecule has 1 saturated carbocycles. The Kier molecular flexibility index (Phi) is 3.33. The van der Waals surface area contributed by atoms with E-state index >= 15 is 0 Å². The van der Waals surface area contributed by atoms with Crippen LogP contribution in [0.5, 0.6) is 0 Å². The highest BCUT2D eigenvalue weighted by Gasteiger charge is 2.71. The van der Waals surface area contributed by atoms with Crippen LogP contribution < -0.4 is 0 Å². The van der Waals surface area contributed by atoms with E-state index in [-0.39, 0.29) is 18.8 Å². The summed E-state index contributed by atoms with van der Waals surface area (Å²) in [7, 11) is 0. The van der Waals surface area contributed by atoms with E-state index in [1.807, 2.05) is 0 Å². The molecule has 1 atom stereocenters. The lowest BCUT2D eigenvalue weighted by Crippen LogP contribution is -2.27. The number of benzene rings is 1. The molecule has 2 aliphatic rings. The van der Waals surface area contributed by atoms with Crippen molar-refractivity contribution < 1.29 is 13.2 Å². The van der Waals surface area contributed by atoms with E-state index in [0.717, 1.165) is 16.6 Å². The van der Waals surface area contributed by atoms with Crippen molar-refractivity contribution in [2.75, 3.05) is 0 Å². The summed E-state index contributed by atoms with van der Waals surface area (Å²) >= 11 is 0. The van der Waals surface area contributed by atoms with Crippen LogP contribution in [0.25, 0.3) is 33.5 Å². The number of aromatic nitrogens is 6. The van der Waals surface area contributed by atoms with E-state index in [0.29, 0.717) is 41.3 Å². The molecule has 4 aromatic rings. The van der Waals surface area contributed by atoms with E-state index in [1.54, 1.807) is 29.9 Å². The second-order valence-electron chi connectivity index (χ2n) is 8.25. The number of aromatic amines is 1. The van der Waals surface area contributed by atoms with Crippen LogP contribution in [-0.2, 0) is 13.0 Å². The molecule has 1 aliphatic carbocycles. The molecule has 1 spiro atoms. The van der Waals surface area contributed by atoms with Crippen LogP contribution in [0.15, 0.2) is 30.5 Å². The number of nitrogens with one attached hydrogen (secondary N) is 1. The molecule has 0 bridgehead atoms. The van der Waals surface area contributed by atoms with Gasteiger partial charge in [-0.1, -0.05) is 0 Å². The van der Waals surface area contributed by atoms with Gasteiger partial charge in [-0.05, 0) is 44.0 Å². The molecular weight excluding hydrogens is 393 g/mol. The third-order valence-electron chi connectivity index (χ3n) is 6.34. The van der Waals surface area contributed by atoms with Gasteiger partial charge in [-0.15, -0.1) is 0 Å². The number of fused-ring (bicyclic) bond motifs is 2. The van der Waals surface area contributed by atoms with Gasteiger partial charge in [0.2, 0.25) is 0 Å². The first-order valence-electron chi connectivity index (χ1n) is 9.78. The molecule has 0 unspecified atom stereocenters. The largest absolute Gasteiger partial charge is 0.267 e. The van der Waals surface area contributed by atoms with Gasteiger partial charge in [-0.2, -0.15) is 10.2 Å². The lowest BCUT2D eigenvalue weighted by Gasteiger charge is -2.24. The average molecular weight is 410 g/mol. The Morgan fingerprint density at radius 2 is 1.87 bits per heavy atom. The van der Waals surface area contributed by atoms with Gasteiger partial charge in [0.05, 0.1) is 34.8 Å². The van der Waals surface area contributed by atoms with Crippen molar-refractivity contribution in [1.29, 1.82) is 0 Å². The Labute approximate surface area is 169 Å². The van der Waals surface area contributed by atoms with Gasteiger partial charge < -0.3 is 0 Å². The molecule has 1 N–H and O–H groups in total. The summed E-state index contributed by atoms with van der Waals surface area (Å²) in [6, 6.07) is 6.03. The maximum Gasteiger partial charge on any atom is 0.256 e. The quantitative estimate of drug-likeness (QED) is 0.535. The van der Waals surface area contributed by atoms with Crippen LogP contribution in [0.2, 0.25) is 0 Å². The molecule has 4 heterocycles. The average Bonchev–Trinajstić information content (AvgIpc) is 3.08. The Balaban J connectivity index is 1.61. The number of hydrogen-bond acceptors (Lipinski definition) is 4. The van der Waals surface area contributed by atoms with Gasteiger partial charge in [-0.3, -0.25) is 9.78 Å². The standard InChI is InChI=1S/C21H17F3N6/c1-11-26-18(14-8-25-28-19(14)27-11)16-15-6-7-20(9-21(20,23)24)10-30(15)29-17(16)12-2-4-13(22)5-3-12/h2-5,8H,6-7,9-10H2,1H3,(H,25,26,27,28)/t20-/m0/s1. The number of H-pyrrole nitrogens is 1. The summed E-state index contributed by atoms with van der Waals surface area (Å²) < 4.78 is 43.4. The van der Waals surface area contributed by atoms with E-state index in [1.165, 1.54) is 12.1 Å². The minimum absolute atomic E-state index is 0.0981. The molecule has 9 heteroatoms. The first kappa shape index (κ1) is 17.6. The molecule has 1 fully saturated rings. The van der Waals surface area contributed by atoms with Crippen molar-refractivity contribution in [2.45, 2.75) is 38.7 Å². The van der Waals surface area contributed by atoms with Crippen LogP contribution >= 0.6 is 0 Å². The summed E-state index contributed by atoms with van der Waals surface area (Å²) in [6.45, 7) is 1.96. The molecule has 30 heavy (non-hydrogen) atoms. The fourth-order valence-corrected chi connectivity index (χ4v) is 4.62. The topological polar surface area (TPSA) is 72.3 Å². The van der Waals surface area contributed by atoms with E-state index in [9.17, 15) is 13.2 Å². The molecule has 0 radical (unpaired) electrons. The van der Waals surface area contributed by atoms with Crippen LogP contribution in [0.1, 0.15) is 24.4 Å². The molecule has 1 aromatic carbocycles. The fourth-order valence-electron chi connectivity index (χ4n) is 4.62. The van der Waals surface area contributed by atoms with Crippen molar-refractivity contribution in [3.8, 4) is 22.5 Å². The highest BCUT2D eigenvalue weighted by atomic mass is 19.3. The number of nitrogens with zero attached hydrogens (tertiary/aromatic N) is 5. The van der Waals surface area contributed by atoms with Crippen molar-refractivity contribution in [1.82, 2.24) is 29.9 Å². The summed E-state index contributed by atoms with van der Waals surface area (Å²) in [5.41, 5.74) is 3.20. The second-order valence-corrected chi connectivity index (χ2v) is 8.25. The van der Waals surface area contributed by atoms with Crippen LogP contribution in [0.4, 0.5) is 13.2 Å². The predicted octanol–water partition coefficient (Wildman–Crippen LogP) is 4.30. The maximum absolute atomic E-state index is 14.1. The van der Waals surface area contributed by atoms with Gasteiger partial charge in [0.15, 0.2) is 5.65 Å². The molecule has 6 rings (SSSR count). The van der Waals surface area contributed by atoms with Gasteiger partial charge in [0, 0.05) is 17.7 Å². The zero-order valence-corrected chi connectivity index (χ0v) is 16.1. The zero-order chi connectivity index (χ0) is 20.7. The minimum atomic E-state index is -2.64. The highest BCUT2D eigenvalue weighted by Crippen LogP contribution is 2.65. The maximum atomic E-state index is 14.1. The number of hydrogen-bond donors (Lipinski definition) is 1. The summed E-state index contributed by atoms with van der Waals surface area (Å²) in [5, 5.41) is 12.4. The lowest BCUT2D eigenvalue weighted by atomic mass is 9.91.